The number of halogens is 3. The van der Waals surface area contributed by atoms with Crippen molar-refractivity contribution < 1.29 is 22.8 Å². The highest BCUT2D eigenvalue weighted by molar-refractivity contribution is 5.89. The molecule has 2 fully saturated rings. The van der Waals surface area contributed by atoms with Gasteiger partial charge in [0.25, 0.3) is 0 Å². The van der Waals surface area contributed by atoms with Crippen LogP contribution in [0.3, 0.4) is 0 Å². The van der Waals surface area contributed by atoms with Gasteiger partial charge in [-0.2, -0.15) is 0 Å². The smallest absolute Gasteiger partial charge is 0.319 e. The topological polar surface area (TPSA) is 87.5 Å². The molecule has 0 bridgehead atoms. The Morgan fingerprint density at radius 1 is 1.17 bits per heavy atom. The van der Waals surface area contributed by atoms with Gasteiger partial charge in [0.1, 0.15) is 17.8 Å². The van der Waals surface area contributed by atoms with Gasteiger partial charge in [0.05, 0.1) is 18.3 Å². The molecule has 30 heavy (non-hydrogen) atoms. The first-order valence-electron chi connectivity index (χ1n) is 10.5. The highest BCUT2D eigenvalue weighted by Gasteiger charge is 2.36. The van der Waals surface area contributed by atoms with Gasteiger partial charge in [-0.1, -0.05) is 6.92 Å². The molecule has 3 atom stereocenters. The number of alkyl halides is 1. The van der Waals surface area contributed by atoms with E-state index in [2.05, 4.69) is 10.6 Å². The van der Waals surface area contributed by atoms with Crippen molar-refractivity contribution in [2.24, 2.45) is 17.6 Å². The third-order valence-electron chi connectivity index (χ3n) is 6.32. The Labute approximate surface area is 174 Å². The molecule has 1 saturated carbocycles. The van der Waals surface area contributed by atoms with Crippen LogP contribution in [0.2, 0.25) is 0 Å². The first-order valence-corrected chi connectivity index (χ1v) is 10.5. The van der Waals surface area contributed by atoms with E-state index in [1.54, 1.807) is 0 Å². The zero-order valence-electron chi connectivity index (χ0n) is 17.0. The molecule has 1 unspecified atom stereocenters. The first kappa shape index (κ1) is 22.4. The lowest BCUT2D eigenvalue weighted by Crippen LogP contribution is -2.49. The minimum absolute atomic E-state index is 0.0424. The molecule has 0 spiro atoms. The first-order chi connectivity index (χ1) is 14.2. The van der Waals surface area contributed by atoms with Gasteiger partial charge in [-0.3, -0.25) is 4.79 Å². The largest absolute Gasteiger partial charge is 0.338 e. The third kappa shape index (κ3) is 5.44. The highest BCUT2D eigenvalue weighted by Crippen LogP contribution is 2.32. The summed E-state index contributed by atoms with van der Waals surface area (Å²) < 4.78 is 40.0. The Kier molecular flexibility index (Phi) is 7.23. The zero-order chi connectivity index (χ0) is 21.8. The molecule has 1 aromatic rings. The van der Waals surface area contributed by atoms with Crippen LogP contribution in [0.25, 0.3) is 0 Å². The number of anilines is 1. The van der Waals surface area contributed by atoms with Crippen molar-refractivity contribution >= 4 is 17.6 Å². The predicted octanol–water partition coefficient (Wildman–Crippen LogP) is 3.18. The zero-order valence-corrected chi connectivity index (χ0v) is 17.0. The Morgan fingerprint density at radius 3 is 2.47 bits per heavy atom. The summed E-state index contributed by atoms with van der Waals surface area (Å²) in [5, 5.41) is 5.21. The Balaban J connectivity index is 1.44. The van der Waals surface area contributed by atoms with Crippen molar-refractivity contribution in [3.63, 3.8) is 0 Å². The number of nitrogens with one attached hydrogen (secondary N) is 2. The van der Waals surface area contributed by atoms with E-state index in [0.29, 0.717) is 31.9 Å². The second kappa shape index (κ2) is 9.68. The van der Waals surface area contributed by atoms with Crippen LogP contribution >= 0.6 is 0 Å². The fraction of sp³-hybridized carbons (Fsp3) is 0.619. The van der Waals surface area contributed by atoms with Gasteiger partial charge in [-0.05, 0) is 56.1 Å². The minimum atomic E-state index is -0.965. The van der Waals surface area contributed by atoms with Crippen LogP contribution in [-0.2, 0) is 4.79 Å². The fourth-order valence-corrected chi connectivity index (χ4v) is 4.37. The van der Waals surface area contributed by atoms with Gasteiger partial charge in [-0.15, -0.1) is 0 Å². The number of likely N-dealkylation sites (tertiary alicyclic amines) is 1. The molecule has 6 nitrogen and oxygen atoms in total. The molecule has 4 N–H and O–H groups in total. The van der Waals surface area contributed by atoms with Crippen LogP contribution in [0.5, 0.6) is 0 Å². The highest BCUT2D eigenvalue weighted by atomic mass is 19.1. The molecule has 9 heteroatoms. The van der Waals surface area contributed by atoms with Crippen LogP contribution in [-0.4, -0.2) is 48.2 Å². The Hall–Kier alpha value is -2.29. The predicted molar refractivity (Wildman–Crippen MR) is 107 cm³/mol. The van der Waals surface area contributed by atoms with Crippen LogP contribution in [0.1, 0.15) is 39.0 Å². The minimum Gasteiger partial charge on any atom is -0.338 e. The molecule has 1 saturated heterocycles. The normalized spacial score (nSPS) is 26.2. The molecule has 1 heterocycles. The maximum absolute atomic E-state index is 13.7. The van der Waals surface area contributed by atoms with Gasteiger partial charge >= 0.3 is 6.03 Å². The van der Waals surface area contributed by atoms with E-state index in [9.17, 15) is 22.8 Å². The van der Waals surface area contributed by atoms with Crippen molar-refractivity contribution in [3.05, 3.63) is 29.8 Å². The number of carbonyl (C=O) groups is 2. The summed E-state index contributed by atoms with van der Waals surface area (Å²) in [7, 11) is 0. The second-order valence-electron chi connectivity index (χ2n) is 8.39. The number of nitrogens with zero attached hydrogens (tertiary/aromatic N) is 1. The van der Waals surface area contributed by atoms with Gasteiger partial charge in [0, 0.05) is 18.7 Å². The number of carbonyl (C=O) groups excluding carboxylic acids is 2. The molecule has 1 aromatic carbocycles. The van der Waals surface area contributed by atoms with Gasteiger partial charge < -0.3 is 21.3 Å². The summed E-state index contributed by atoms with van der Waals surface area (Å²) >= 11 is 0. The van der Waals surface area contributed by atoms with E-state index in [-0.39, 0.29) is 36.0 Å². The summed E-state index contributed by atoms with van der Waals surface area (Å²) in [6, 6.07) is 1.68. The molecule has 1 aliphatic carbocycles. The number of hydrogen-bond donors (Lipinski definition) is 3. The van der Waals surface area contributed by atoms with E-state index in [0.717, 1.165) is 18.9 Å². The number of benzene rings is 1. The maximum atomic E-state index is 13.7. The number of nitrogens with two attached hydrogens (primary N) is 1. The molecule has 3 amide bonds. The van der Waals surface area contributed by atoms with Crippen molar-refractivity contribution in [1.82, 2.24) is 10.2 Å². The van der Waals surface area contributed by atoms with Gasteiger partial charge in [-0.25, -0.2) is 18.0 Å². The maximum Gasteiger partial charge on any atom is 0.319 e. The van der Waals surface area contributed by atoms with Gasteiger partial charge in [0.15, 0.2) is 0 Å². The molecule has 1 aliphatic heterocycles. The number of hydrogen-bond acceptors (Lipinski definition) is 3. The molecule has 0 radical (unpaired) electrons. The SMILES string of the molecule is CC(C1CCC(NC(=O)Nc2ccc(F)cc2F)CC1)[C@H](N)C(=O)N1CC[C@H](F)C1. The summed E-state index contributed by atoms with van der Waals surface area (Å²) in [5.41, 5.74) is 6.10. The molecule has 166 valence electrons. The molecule has 3 rings (SSSR count). The molecular weight excluding hydrogens is 397 g/mol. The summed E-state index contributed by atoms with van der Waals surface area (Å²) in [5.74, 6) is -1.54. The summed E-state index contributed by atoms with van der Waals surface area (Å²) in [6.07, 6.45) is 2.42. The van der Waals surface area contributed by atoms with Crippen LogP contribution in [0.4, 0.5) is 23.7 Å². The van der Waals surface area contributed by atoms with Crippen molar-refractivity contribution in [2.75, 3.05) is 18.4 Å². The summed E-state index contributed by atoms with van der Waals surface area (Å²) in [4.78, 5) is 26.2. The monoisotopic (exact) mass is 426 g/mol. The Morgan fingerprint density at radius 2 is 1.87 bits per heavy atom. The van der Waals surface area contributed by atoms with Crippen LogP contribution < -0.4 is 16.4 Å². The molecule has 0 aromatic heterocycles. The van der Waals surface area contributed by atoms with E-state index in [4.69, 9.17) is 5.73 Å². The standard InChI is InChI=1S/C21H29F3N4O2/c1-12(19(25)20(29)28-9-8-15(23)11-28)13-2-5-16(6-3-13)26-21(30)27-18-7-4-14(22)10-17(18)24/h4,7,10,12-13,15-16,19H,2-3,5-6,8-9,11,25H2,1H3,(H2,26,27,30)/t12?,13?,15-,16?,19-/m0/s1. The lowest BCUT2D eigenvalue weighted by Gasteiger charge is -2.35. The number of rotatable bonds is 5. The van der Waals surface area contributed by atoms with Crippen molar-refractivity contribution in [3.8, 4) is 0 Å². The quantitative estimate of drug-likeness (QED) is 0.676. The number of amides is 3. The Bertz CT molecular complexity index is 771. The van der Waals surface area contributed by atoms with Crippen molar-refractivity contribution in [2.45, 2.75) is 57.3 Å². The van der Waals surface area contributed by atoms with E-state index in [1.165, 1.54) is 11.0 Å². The average Bonchev–Trinajstić information content (AvgIpc) is 3.15. The summed E-state index contributed by atoms with van der Waals surface area (Å²) in [6.45, 7) is 2.49. The lowest BCUT2D eigenvalue weighted by molar-refractivity contribution is -0.133. The van der Waals surface area contributed by atoms with Crippen molar-refractivity contribution in [1.29, 1.82) is 0 Å². The van der Waals surface area contributed by atoms with E-state index < -0.39 is 29.9 Å². The average molecular weight is 426 g/mol. The van der Waals surface area contributed by atoms with E-state index >= 15 is 0 Å². The molecule has 2 aliphatic rings. The third-order valence-corrected chi connectivity index (χ3v) is 6.32. The second-order valence-corrected chi connectivity index (χ2v) is 8.39. The van der Waals surface area contributed by atoms with Crippen LogP contribution in [0.15, 0.2) is 18.2 Å². The number of urea groups is 1. The lowest BCUT2D eigenvalue weighted by atomic mass is 9.76. The van der Waals surface area contributed by atoms with Gasteiger partial charge in [0.2, 0.25) is 5.91 Å². The van der Waals surface area contributed by atoms with E-state index in [1.807, 2.05) is 6.92 Å². The van der Waals surface area contributed by atoms with Crippen LogP contribution in [0, 0.1) is 23.5 Å². The fourth-order valence-electron chi connectivity index (χ4n) is 4.37. The molecular formula is C21H29F3N4O2.